The van der Waals surface area contributed by atoms with Gasteiger partial charge in [0.1, 0.15) is 11.8 Å². The minimum Gasteiger partial charge on any atom is -0.494 e. The normalized spacial score (nSPS) is 11.3. The molecule has 8 nitrogen and oxygen atoms in total. The largest absolute Gasteiger partial charge is 0.494 e. The number of benzene rings is 2. The lowest BCUT2D eigenvalue weighted by Crippen LogP contribution is -2.41. The van der Waals surface area contributed by atoms with E-state index in [-0.39, 0.29) is 11.3 Å². The number of hydrogen-bond acceptors (Lipinski definition) is 5. The number of carbonyl (C=O) groups excluding carboxylic acids is 2. The predicted molar refractivity (Wildman–Crippen MR) is 96.3 cm³/mol. The average Bonchev–Trinajstić information content (AvgIpc) is 2.63. The lowest BCUT2D eigenvalue weighted by atomic mass is 10.1. The van der Waals surface area contributed by atoms with Gasteiger partial charge in [-0.15, -0.1) is 0 Å². The van der Waals surface area contributed by atoms with Crippen molar-refractivity contribution in [2.45, 2.75) is 19.9 Å². The average molecular weight is 357 g/mol. The van der Waals surface area contributed by atoms with Crippen LogP contribution in [0.15, 0.2) is 48.5 Å². The van der Waals surface area contributed by atoms with Crippen LogP contribution in [0.3, 0.4) is 0 Å². The third-order valence-electron chi connectivity index (χ3n) is 3.49. The molecule has 0 saturated carbocycles. The molecule has 0 aliphatic rings. The minimum absolute atomic E-state index is 0.111. The second-order valence-electron chi connectivity index (χ2n) is 5.45. The van der Waals surface area contributed by atoms with Crippen molar-refractivity contribution in [1.82, 2.24) is 5.32 Å². The zero-order valence-corrected chi connectivity index (χ0v) is 14.4. The van der Waals surface area contributed by atoms with Crippen LogP contribution in [0.2, 0.25) is 0 Å². The van der Waals surface area contributed by atoms with Crippen molar-refractivity contribution in [3.63, 3.8) is 0 Å². The quantitative estimate of drug-likeness (QED) is 0.585. The highest BCUT2D eigenvalue weighted by Crippen LogP contribution is 2.16. The van der Waals surface area contributed by atoms with Gasteiger partial charge < -0.3 is 15.4 Å². The van der Waals surface area contributed by atoms with Crippen LogP contribution >= 0.6 is 0 Å². The highest BCUT2D eigenvalue weighted by molar-refractivity contribution is 6.01. The van der Waals surface area contributed by atoms with E-state index in [1.807, 2.05) is 6.92 Å². The number of anilines is 1. The standard InChI is InChI=1S/C18H19N3O5/c1-3-26-16-9-7-14(8-10-16)20-17(22)12(2)19-18(23)13-5-4-6-15(11-13)21(24)25/h4-12H,3H2,1-2H3,(H,19,23)(H,20,22). The molecule has 1 unspecified atom stereocenters. The van der Waals surface area contributed by atoms with Gasteiger partial charge in [0.25, 0.3) is 11.6 Å². The Kier molecular flexibility index (Phi) is 6.26. The minimum atomic E-state index is -0.826. The van der Waals surface area contributed by atoms with Crippen LogP contribution in [0.25, 0.3) is 0 Å². The molecule has 2 N–H and O–H groups in total. The van der Waals surface area contributed by atoms with Crippen LogP contribution < -0.4 is 15.4 Å². The Morgan fingerprint density at radius 3 is 2.50 bits per heavy atom. The van der Waals surface area contributed by atoms with Gasteiger partial charge in [0, 0.05) is 23.4 Å². The summed E-state index contributed by atoms with van der Waals surface area (Å²) in [5.74, 6) is -0.284. The predicted octanol–water partition coefficient (Wildman–Crippen LogP) is 2.75. The first-order valence-electron chi connectivity index (χ1n) is 7.99. The van der Waals surface area contributed by atoms with Gasteiger partial charge in [-0.05, 0) is 44.2 Å². The molecule has 0 aliphatic carbocycles. The van der Waals surface area contributed by atoms with Gasteiger partial charge in [0.05, 0.1) is 11.5 Å². The maximum Gasteiger partial charge on any atom is 0.270 e. The number of rotatable bonds is 7. The molecule has 2 aromatic carbocycles. The smallest absolute Gasteiger partial charge is 0.270 e. The summed E-state index contributed by atoms with van der Waals surface area (Å²) in [5.41, 5.74) is 0.485. The molecule has 2 amide bonds. The molecular formula is C18H19N3O5. The highest BCUT2D eigenvalue weighted by Gasteiger charge is 2.18. The summed E-state index contributed by atoms with van der Waals surface area (Å²) in [6, 6.07) is 11.3. The first kappa shape index (κ1) is 18.9. The van der Waals surface area contributed by atoms with E-state index in [0.717, 1.165) is 6.07 Å². The van der Waals surface area contributed by atoms with Crippen molar-refractivity contribution >= 4 is 23.2 Å². The number of nitrogens with zero attached hydrogens (tertiary/aromatic N) is 1. The topological polar surface area (TPSA) is 111 Å². The van der Waals surface area contributed by atoms with Crippen molar-refractivity contribution in [3.05, 3.63) is 64.2 Å². The Labute approximate surface area is 150 Å². The zero-order valence-electron chi connectivity index (χ0n) is 14.4. The first-order valence-corrected chi connectivity index (χ1v) is 7.99. The number of non-ortho nitro benzene ring substituents is 1. The Morgan fingerprint density at radius 1 is 1.19 bits per heavy atom. The molecule has 0 bridgehead atoms. The highest BCUT2D eigenvalue weighted by atomic mass is 16.6. The molecular weight excluding hydrogens is 338 g/mol. The third-order valence-corrected chi connectivity index (χ3v) is 3.49. The maximum absolute atomic E-state index is 12.2. The van der Waals surface area contributed by atoms with E-state index in [0.29, 0.717) is 18.0 Å². The van der Waals surface area contributed by atoms with Crippen LogP contribution in [0.1, 0.15) is 24.2 Å². The molecule has 0 spiro atoms. The van der Waals surface area contributed by atoms with Gasteiger partial charge >= 0.3 is 0 Å². The second-order valence-corrected chi connectivity index (χ2v) is 5.45. The van der Waals surface area contributed by atoms with Gasteiger partial charge in [-0.3, -0.25) is 19.7 Å². The van der Waals surface area contributed by atoms with Crippen molar-refractivity contribution in [3.8, 4) is 5.75 Å². The summed E-state index contributed by atoms with van der Waals surface area (Å²) in [5, 5.41) is 16.0. The molecule has 26 heavy (non-hydrogen) atoms. The Hall–Kier alpha value is -3.42. The molecule has 0 aromatic heterocycles. The third kappa shape index (κ3) is 5.04. The van der Waals surface area contributed by atoms with Gasteiger partial charge in [-0.2, -0.15) is 0 Å². The van der Waals surface area contributed by atoms with Crippen LogP contribution in [-0.2, 0) is 4.79 Å². The van der Waals surface area contributed by atoms with E-state index in [2.05, 4.69) is 10.6 Å². The lowest BCUT2D eigenvalue weighted by molar-refractivity contribution is -0.384. The number of hydrogen-bond donors (Lipinski definition) is 2. The van der Waals surface area contributed by atoms with E-state index in [1.54, 1.807) is 24.3 Å². The number of ether oxygens (including phenoxy) is 1. The summed E-state index contributed by atoms with van der Waals surface area (Å²) in [7, 11) is 0. The van der Waals surface area contributed by atoms with Crippen molar-refractivity contribution < 1.29 is 19.2 Å². The summed E-state index contributed by atoms with van der Waals surface area (Å²) in [6.07, 6.45) is 0. The van der Waals surface area contributed by atoms with Gasteiger partial charge in [-0.1, -0.05) is 6.07 Å². The van der Waals surface area contributed by atoms with Crippen LogP contribution in [0.4, 0.5) is 11.4 Å². The monoisotopic (exact) mass is 357 g/mol. The summed E-state index contributed by atoms with van der Waals surface area (Å²) in [4.78, 5) is 34.6. The van der Waals surface area contributed by atoms with Gasteiger partial charge in [0.15, 0.2) is 0 Å². The molecule has 0 fully saturated rings. The van der Waals surface area contributed by atoms with Gasteiger partial charge in [0.2, 0.25) is 5.91 Å². The summed E-state index contributed by atoms with van der Waals surface area (Å²) in [6.45, 7) is 3.95. The summed E-state index contributed by atoms with van der Waals surface area (Å²) < 4.78 is 5.32. The van der Waals surface area contributed by atoms with E-state index < -0.39 is 22.8 Å². The van der Waals surface area contributed by atoms with E-state index in [4.69, 9.17) is 4.74 Å². The lowest BCUT2D eigenvalue weighted by Gasteiger charge is -2.14. The summed E-state index contributed by atoms with van der Waals surface area (Å²) >= 11 is 0. The molecule has 2 rings (SSSR count). The molecule has 0 aliphatic heterocycles. The SMILES string of the molecule is CCOc1ccc(NC(=O)C(C)NC(=O)c2cccc([N+](=O)[O-])c2)cc1. The number of nitrogens with one attached hydrogen (secondary N) is 2. The molecule has 0 heterocycles. The number of carbonyl (C=O) groups is 2. The zero-order chi connectivity index (χ0) is 19.1. The van der Waals surface area contributed by atoms with Crippen LogP contribution in [-0.4, -0.2) is 29.4 Å². The second kappa shape index (κ2) is 8.61. The maximum atomic E-state index is 12.2. The fourth-order valence-corrected chi connectivity index (χ4v) is 2.16. The van der Waals surface area contributed by atoms with E-state index >= 15 is 0 Å². The van der Waals surface area contributed by atoms with E-state index in [9.17, 15) is 19.7 Å². The Morgan fingerprint density at radius 2 is 1.88 bits per heavy atom. The number of nitro groups is 1. The molecule has 2 aromatic rings. The molecule has 1 atom stereocenters. The number of nitro benzene ring substituents is 1. The van der Waals surface area contributed by atoms with Crippen molar-refractivity contribution in [2.75, 3.05) is 11.9 Å². The Balaban J connectivity index is 1.96. The molecule has 0 radical (unpaired) electrons. The molecule has 0 saturated heterocycles. The van der Waals surface area contributed by atoms with Crippen molar-refractivity contribution in [2.24, 2.45) is 0 Å². The Bertz CT molecular complexity index is 805. The fourth-order valence-electron chi connectivity index (χ4n) is 2.16. The fraction of sp³-hybridized carbons (Fsp3) is 0.222. The first-order chi connectivity index (χ1) is 12.4. The van der Waals surface area contributed by atoms with Crippen LogP contribution in [0.5, 0.6) is 5.75 Å². The molecule has 8 heteroatoms. The van der Waals surface area contributed by atoms with Crippen LogP contribution in [0, 0.1) is 10.1 Å². The molecule has 136 valence electrons. The number of amides is 2. The van der Waals surface area contributed by atoms with Crippen molar-refractivity contribution in [1.29, 1.82) is 0 Å². The van der Waals surface area contributed by atoms with Gasteiger partial charge in [-0.25, -0.2) is 0 Å². The van der Waals surface area contributed by atoms with E-state index in [1.165, 1.54) is 25.1 Å².